The van der Waals surface area contributed by atoms with E-state index in [1.165, 1.54) is 48.5 Å². The molecule has 2 atom stereocenters. The Morgan fingerprint density at radius 1 is 0.771 bits per heavy atom. The van der Waals surface area contributed by atoms with E-state index in [2.05, 4.69) is 5.32 Å². The standard InChI is InChI=1S/C36H28N4O8/c1-23(40-21-28(41)22-44-29-8-2-5-25(14-29)18-37)13-24-11-12-32-33(17-24)48-36(47-32,34(42)45-30-9-3-6-26(15-30)19-38)35(43)46-31-10-4-7-27(16-31)20-39/h2-12,14-17,23,28,40-41H,13,21-22H2,1H3. The van der Waals surface area contributed by atoms with Crippen LogP contribution in [-0.2, 0) is 16.0 Å². The number of fused-ring (bicyclic) bond motifs is 1. The van der Waals surface area contributed by atoms with Gasteiger partial charge in [0.2, 0.25) is 0 Å². The fourth-order valence-corrected chi connectivity index (χ4v) is 4.70. The molecule has 1 aliphatic rings. The van der Waals surface area contributed by atoms with Crippen LogP contribution in [0.25, 0.3) is 0 Å². The van der Waals surface area contributed by atoms with E-state index in [0.29, 0.717) is 17.7 Å². The Kier molecular flexibility index (Phi) is 10.2. The number of carbonyl (C=O) groups is 2. The van der Waals surface area contributed by atoms with Gasteiger partial charge in [-0.1, -0.05) is 24.3 Å². The monoisotopic (exact) mass is 644 g/mol. The number of carbonyl (C=O) groups excluding carboxylic acids is 2. The number of esters is 2. The summed E-state index contributed by atoms with van der Waals surface area (Å²) in [6.45, 7) is 2.16. The van der Waals surface area contributed by atoms with Gasteiger partial charge in [-0.2, -0.15) is 15.8 Å². The molecule has 1 aliphatic heterocycles. The van der Waals surface area contributed by atoms with E-state index in [4.69, 9.17) is 28.9 Å². The van der Waals surface area contributed by atoms with Crippen LogP contribution >= 0.6 is 0 Å². The lowest BCUT2D eigenvalue weighted by Gasteiger charge is -2.23. The Labute approximate surface area is 275 Å². The van der Waals surface area contributed by atoms with Gasteiger partial charge in [0.15, 0.2) is 11.5 Å². The maximum atomic E-state index is 13.6. The Balaban J connectivity index is 1.27. The summed E-state index contributed by atoms with van der Waals surface area (Å²) in [5.74, 6) is -4.60. The molecule has 4 aromatic carbocycles. The van der Waals surface area contributed by atoms with Crippen molar-refractivity contribution in [2.75, 3.05) is 13.2 Å². The molecule has 2 unspecified atom stereocenters. The van der Waals surface area contributed by atoms with Gasteiger partial charge in [-0.3, -0.25) is 0 Å². The molecule has 12 heteroatoms. The van der Waals surface area contributed by atoms with E-state index in [-0.39, 0.29) is 53.3 Å². The lowest BCUT2D eigenvalue weighted by atomic mass is 10.1. The van der Waals surface area contributed by atoms with Gasteiger partial charge in [0, 0.05) is 12.6 Å². The topological polar surface area (TPSA) is 184 Å². The lowest BCUT2D eigenvalue weighted by molar-refractivity contribution is -0.190. The fraction of sp³-hybridized carbons (Fsp3) is 0.194. The van der Waals surface area contributed by atoms with Crippen molar-refractivity contribution in [2.24, 2.45) is 0 Å². The van der Waals surface area contributed by atoms with Crippen LogP contribution in [0.4, 0.5) is 0 Å². The van der Waals surface area contributed by atoms with Crippen molar-refractivity contribution < 1.29 is 38.4 Å². The smallest absolute Gasteiger partial charge is 0.454 e. The van der Waals surface area contributed by atoms with Crippen LogP contribution in [0.3, 0.4) is 0 Å². The second-order valence-corrected chi connectivity index (χ2v) is 10.8. The summed E-state index contributed by atoms with van der Waals surface area (Å²) >= 11 is 0. The average Bonchev–Trinajstić information content (AvgIpc) is 3.50. The van der Waals surface area contributed by atoms with Crippen LogP contribution in [0.1, 0.15) is 29.2 Å². The third kappa shape index (κ3) is 7.87. The molecule has 4 aromatic rings. The molecule has 0 radical (unpaired) electrons. The van der Waals surface area contributed by atoms with Gasteiger partial charge in [0.1, 0.15) is 30.0 Å². The summed E-state index contributed by atoms with van der Waals surface area (Å²) in [6.07, 6.45) is -0.353. The van der Waals surface area contributed by atoms with Crippen molar-refractivity contribution in [3.05, 3.63) is 113 Å². The highest BCUT2D eigenvalue weighted by Crippen LogP contribution is 2.42. The molecular weight excluding hydrogens is 616 g/mol. The van der Waals surface area contributed by atoms with E-state index >= 15 is 0 Å². The van der Waals surface area contributed by atoms with Gasteiger partial charge in [0.05, 0.1) is 34.9 Å². The van der Waals surface area contributed by atoms with E-state index in [1.54, 1.807) is 42.5 Å². The number of nitrogens with zero attached hydrogens (tertiary/aromatic N) is 3. The third-order valence-corrected chi connectivity index (χ3v) is 7.05. The molecule has 240 valence electrons. The second-order valence-electron chi connectivity index (χ2n) is 10.8. The number of nitrogens with one attached hydrogen (secondary N) is 1. The molecule has 48 heavy (non-hydrogen) atoms. The number of rotatable bonds is 12. The first kappa shape index (κ1) is 33.0. The van der Waals surface area contributed by atoms with Crippen molar-refractivity contribution in [3.63, 3.8) is 0 Å². The van der Waals surface area contributed by atoms with Crippen LogP contribution < -0.4 is 29.0 Å². The average molecular weight is 645 g/mol. The first-order valence-corrected chi connectivity index (χ1v) is 14.7. The molecule has 2 N–H and O–H groups in total. The van der Waals surface area contributed by atoms with E-state index in [9.17, 15) is 25.2 Å². The highest BCUT2D eigenvalue weighted by molar-refractivity contribution is 6.05. The van der Waals surface area contributed by atoms with Crippen molar-refractivity contribution in [2.45, 2.75) is 31.3 Å². The Bertz CT molecular complexity index is 1890. The number of benzene rings is 4. The summed E-state index contributed by atoms with van der Waals surface area (Å²) < 4.78 is 28.2. The number of hydrogen-bond donors (Lipinski definition) is 2. The maximum absolute atomic E-state index is 13.6. The summed E-state index contributed by atoms with van der Waals surface area (Å²) in [7, 11) is 0. The first-order valence-electron chi connectivity index (χ1n) is 14.7. The van der Waals surface area contributed by atoms with Crippen molar-refractivity contribution in [3.8, 4) is 47.0 Å². The molecule has 0 fully saturated rings. The summed E-state index contributed by atoms with van der Waals surface area (Å²) in [5, 5.41) is 41.1. The van der Waals surface area contributed by atoms with Gasteiger partial charge >= 0.3 is 17.7 Å². The van der Waals surface area contributed by atoms with Crippen LogP contribution in [0.15, 0.2) is 91.0 Å². The van der Waals surface area contributed by atoms with E-state index in [0.717, 1.165) is 5.56 Å². The van der Waals surface area contributed by atoms with Crippen LogP contribution in [0, 0.1) is 34.0 Å². The molecule has 12 nitrogen and oxygen atoms in total. The molecule has 0 saturated heterocycles. The molecule has 0 saturated carbocycles. The molecule has 0 amide bonds. The Hall–Kier alpha value is -6.39. The zero-order chi connectivity index (χ0) is 34.1. The highest BCUT2D eigenvalue weighted by atomic mass is 16.8. The first-order chi connectivity index (χ1) is 23.2. The Morgan fingerprint density at radius 3 is 1.85 bits per heavy atom. The van der Waals surface area contributed by atoms with E-state index < -0.39 is 23.8 Å². The van der Waals surface area contributed by atoms with Crippen LogP contribution in [0.5, 0.6) is 28.7 Å². The normalized spacial score (nSPS) is 13.6. The Morgan fingerprint density at radius 2 is 1.29 bits per heavy atom. The lowest BCUT2D eigenvalue weighted by Crippen LogP contribution is -2.58. The number of ether oxygens (including phenoxy) is 5. The maximum Gasteiger partial charge on any atom is 0.454 e. The number of aliphatic hydroxyl groups is 1. The predicted molar refractivity (Wildman–Crippen MR) is 168 cm³/mol. The van der Waals surface area contributed by atoms with Gasteiger partial charge in [0.25, 0.3) is 0 Å². The summed E-state index contributed by atoms with van der Waals surface area (Å²) in [5.41, 5.74) is 1.66. The molecule has 0 bridgehead atoms. The molecular formula is C36H28N4O8. The van der Waals surface area contributed by atoms with Gasteiger partial charge in [-0.05, 0) is 85.6 Å². The molecule has 0 spiro atoms. The van der Waals surface area contributed by atoms with Gasteiger partial charge in [-0.15, -0.1) is 0 Å². The van der Waals surface area contributed by atoms with Crippen LogP contribution in [0.2, 0.25) is 0 Å². The predicted octanol–water partition coefficient (Wildman–Crippen LogP) is 3.94. The second kappa shape index (κ2) is 14.8. The zero-order valence-electron chi connectivity index (χ0n) is 25.6. The fourth-order valence-electron chi connectivity index (χ4n) is 4.70. The van der Waals surface area contributed by atoms with Gasteiger partial charge < -0.3 is 34.1 Å². The minimum absolute atomic E-state index is 0.0223. The molecule has 5 rings (SSSR count). The SMILES string of the molecule is CC(Cc1ccc2c(c1)OC(C(=O)Oc1cccc(C#N)c1)(C(=O)Oc1cccc(C#N)c1)O2)NCC(O)COc1cccc(C#N)c1. The van der Waals surface area contributed by atoms with Crippen LogP contribution in [-0.4, -0.2) is 48.1 Å². The number of hydrogen-bond acceptors (Lipinski definition) is 12. The highest BCUT2D eigenvalue weighted by Gasteiger charge is 2.60. The summed E-state index contributed by atoms with van der Waals surface area (Å²) in [4.78, 5) is 27.2. The minimum atomic E-state index is -2.70. The summed E-state index contributed by atoms with van der Waals surface area (Å²) in [6, 6.07) is 28.9. The third-order valence-electron chi connectivity index (χ3n) is 7.05. The quantitative estimate of drug-likeness (QED) is 0.129. The molecule has 0 aromatic heterocycles. The molecule has 1 heterocycles. The van der Waals surface area contributed by atoms with Crippen molar-refractivity contribution in [1.82, 2.24) is 5.32 Å². The number of aliphatic hydroxyl groups excluding tert-OH is 1. The number of nitriles is 3. The largest absolute Gasteiger partial charge is 0.491 e. The van der Waals surface area contributed by atoms with Gasteiger partial charge in [-0.25, -0.2) is 9.59 Å². The molecule has 0 aliphatic carbocycles. The van der Waals surface area contributed by atoms with Crippen molar-refractivity contribution in [1.29, 1.82) is 15.8 Å². The van der Waals surface area contributed by atoms with Crippen molar-refractivity contribution >= 4 is 11.9 Å². The minimum Gasteiger partial charge on any atom is -0.491 e. The van der Waals surface area contributed by atoms with E-state index in [1.807, 2.05) is 25.1 Å². The zero-order valence-corrected chi connectivity index (χ0v) is 25.6.